The highest BCUT2D eigenvalue weighted by Gasteiger charge is 2.15. The minimum Gasteiger partial charge on any atom is -0.207 e. The molecule has 0 saturated carbocycles. The van der Waals surface area contributed by atoms with E-state index in [1.807, 2.05) is 12.1 Å². The molecule has 1 unspecified atom stereocenters. The Balaban J connectivity index is 2.08. The van der Waals surface area contributed by atoms with Crippen molar-refractivity contribution >= 4 is 15.9 Å². The molecule has 0 bridgehead atoms. The molecule has 0 fully saturated rings. The Morgan fingerprint density at radius 2 is 1.62 bits per heavy atom. The van der Waals surface area contributed by atoms with E-state index in [-0.39, 0.29) is 10.4 Å². The van der Waals surface area contributed by atoms with Crippen LogP contribution in [0.5, 0.6) is 0 Å². The summed E-state index contributed by atoms with van der Waals surface area (Å²) in [6, 6.07) is 12.2. The molecule has 0 heterocycles. The lowest BCUT2D eigenvalue weighted by molar-refractivity contribution is 0.554. The van der Waals surface area contributed by atoms with Crippen molar-refractivity contribution in [3.63, 3.8) is 0 Å². The molecule has 0 radical (unpaired) electrons. The molecule has 0 aliphatic rings. The Bertz CT molecular complexity index is 558. The molecular formula is C18H19BrF2. The van der Waals surface area contributed by atoms with Gasteiger partial charge in [-0.25, -0.2) is 8.78 Å². The van der Waals surface area contributed by atoms with Crippen molar-refractivity contribution in [3.8, 4) is 0 Å². The predicted molar refractivity (Wildman–Crippen MR) is 86.8 cm³/mol. The Morgan fingerprint density at radius 3 is 2.19 bits per heavy atom. The van der Waals surface area contributed by atoms with Gasteiger partial charge in [-0.15, -0.1) is 0 Å². The van der Waals surface area contributed by atoms with E-state index in [9.17, 15) is 8.78 Å². The molecule has 21 heavy (non-hydrogen) atoms. The monoisotopic (exact) mass is 352 g/mol. The second kappa shape index (κ2) is 7.69. The highest BCUT2D eigenvalue weighted by Crippen LogP contribution is 2.29. The van der Waals surface area contributed by atoms with Crippen LogP contribution in [0.2, 0.25) is 0 Å². The van der Waals surface area contributed by atoms with Gasteiger partial charge in [-0.2, -0.15) is 0 Å². The zero-order chi connectivity index (χ0) is 15.2. The molecule has 0 spiro atoms. The average Bonchev–Trinajstić information content (AvgIpc) is 2.49. The molecule has 0 saturated heterocycles. The van der Waals surface area contributed by atoms with Crippen LogP contribution < -0.4 is 0 Å². The number of rotatable bonds is 6. The maximum atomic E-state index is 13.7. The van der Waals surface area contributed by atoms with Crippen LogP contribution in [0, 0.1) is 11.6 Å². The van der Waals surface area contributed by atoms with Crippen LogP contribution in [0.4, 0.5) is 8.78 Å². The molecule has 2 rings (SSSR count). The Hall–Kier alpha value is -1.22. The first kappa shape index (κ1) is 16.2. The zero-order valence-electron chi connectivity index (χ0n) is 12.1. The van der Waals surface area contributed by atoms with E-state index < -0.39 is 11.6 Å². The van der Waals surface area contributed by atoms with Crippen molar-refractivity contribution in [3.05, 3.63) is 70.8 Å². The van der Waals surface area contributed by atoms with Gasteiger partial charge in [0, 0.05) is 10.4 Å². The number of hydrogen-bond acceptors (Lipinski definition) is 0. The number of benzene rings is 2. The molecule has 112 valence electrons. The van der Waals surface area contributed by atoms with Gasteiger partial charge in [-0.05, 0) is 42.5 Å². The largest absolute Gasteiger partial charge is 0.207 e. The summed E-state index contributed by atoms with van der Waals surface area (Å²) in [5.41, 5.74) is 2.48. The summed E-state index contributed by atoms with van der Waals surface area (Å²) in [6.45, 7) is 2.17. The van der Waals surface area contributed by atoms with Gasteiger partial charge >= 0.3 is 0 Å². The lowest BCUT2D eigenvalue weighted by atomic mass is 10.0. The number of hydrogen-bond donors (Lipinski definition) is 0. The van der Waals surface area contributed by atoms with Crippen molar-refractivity contribution in [1.29, 1.82) is 0 Å². The number of halogens is 3. The molecule has 0 aliphatic heterocycles. The minimum atomic E-state index is -0.487. The van der Waals surface area contributed by atoms with Crippen LogP contribution >= 0.6 is 15.9 Å². The molecule has 1 atom stereocenters. The molecule has 2 aromatic carbocycles. The summed E-state index contributed by atoms with van der Waals surface area (Å²) >= 11 is 3.53. The molecular weight excluding hydrogens is 334 g/mol. The van der Waals surface area contributed by atoms with E-state index in [4.69, 9.17) is 0 Å². The highest BCUT2D eigenvalue weighted by molar-refractivity contribution is 9.09. The van der Waals surface area contributed by atoms with Crippen molar-refractivity contribution < 1.29 is 8.78 Å². The van der Waals surface area contributed by atoms with Crippen LogP contribution in [0.15, 0.2) is 42.5 Å². The third-order valence-corrected chi connectivity index (χ3v) is 4.46. The van der Waals surface area contributed by atoms with E-state index in [0.717, 1.165) is 12.0 Å². The molecule has 0 N–H and O–H groups in total. The van der Waals surface area contributed by atoms with Crippen LogP contribution in [0.3, 0.4) is 0 Å². The van der Waals surface area contributed by atoms with Gasteiger partial charge in [-0.3, -0.25) is 0 Å². The van der Waals surface area contributed by atoms with E-state index >= 15 is 0 Å². The Morgan fingerprint density at radius 1 is 1.00 bits per heavy atom. The summed E-state index contributed by atoms with van der Waals surface area (Å²) < 4.78 is 27.3. The summed E-state index contributed by atoms with van der Waals surface area (Å²) in [7, 11) is 0. The molecule has 3 heteroatoms. The van der Waals surface area contributed by atoms with Gasteiger partial charge in [0.15, 0.2) is 0 Å². The third-order valence-electron chi connectivity index (χ3n) is 3.61. The maximum Gasteiger partial charge on any atom is 0.129 e. The molecule has 0 aromatic heterocycles. The number of aryl methyl sites for hydroxylation is 1. The van der Waals surface area contributed by atoms with Crippen LogP contribution in [-0.4, -0.2) is 0 Å². The Labute approximate surface area is 133 Å². The quantitative estimate of drug-likeness (QED) is 0.560. The minimum absolute atomic E-state index is 0.0934. The smallest absolute Gasteiger partial charge is 0.129 e. The van der Waals surface area contributed by atoms with Gasteiger partial charge in [0.1, 0.15) is 11.6 Å². The first-order valence-corrected chi connectivity index (χ1v) is 8.19. The summed E-state index contributed by atoms with van der Waals surface area (Å²) in [5.74, 6) is -0.974. The predicted octanol–water partition coefficient (Wildman–Crippen LogP) is 5.99. The summed E-state index contributed by atoms with van der Waals surface area (Å²) in [5, 5.41) is 0. The SMILES string of the molecule is CCCCc1ccc(C(Br)Cc2c(F)cccc2F)cc1. The van der Waals surface area contributed by atoms with Crippen molar-refractivity contribution in [2.75, 3.05) is 0 Å². The second-order valence-corrected chi connectivity index (χ2v) is 6.32. The summed E-state index contributed by atoms with van der Waals surface area (Å²) in [6.07, 6.45) is 3.73. The average molecular weight is 353 g/mol. The van der Waals surface area contributed by atoms with E-state index in [0.29, 0.717) is 6.42 Å². The van der Waals surface area contributed by atoms with E-state index in [1.54, 1.807) is 0 Å². The third kappa shape index (κ3) is 4.37. The van der Waals surface area contributed by atoms with E-state index in [2.05, 4.69) is 35.0 Å². The van der Waals surface area contributed by atoms with Crippen LogP contribution in [0.1, 0.15) is 41.3 Å². The van der Waals surface area contributed by atoms with Crippen molar-refractivity contribution in [2.24, 2.45) is 0 Å². The van der Waals surface area contributed by atoms with Gasteiger partial charge < -0.3 is 0 Å². The van der Waals surface area contributed by atoms with Crippen LogP contribution in [0.25, 0.3) is 0 Å². The topological polar surface area (TPSA) is 0 Å². The van der Waals surface area contributed by atoms with Crippen LogP contribution in [-0.2, 0) is 12.8 Å². The fourth-order valence-corrected chi connectivity index (χ4v) is 2.93. The molecule has 2 aromatic rings. The lowest BCUT2D eigenvalue weighted by Gasteiger charge is -2.12. The van der Waals surface area contributed by atoms with Gasteiger partial charge in [-0.1, -0.05) is 59.6 Å². The van der Waals surface area contributed by atoms with Gasteiger partial charge in [0.05, 0.1) is 0 Å². The fourth-order valence-electron chi connectivity index (χ4n) is 2.30. The highest BCUT2D eigenvalue weighted by atomic mass is 79.9. The first-order chi connectivity index (χ1) is 10.1. The van der Waals surface area contributed by atoms with Crippen molar-refractivity contribution in [1.82, 2.24) is 0 Å². The van der Waals surface area contributed by atoms with Crippen molar-refractivity contribution in [2.45, 2.75) is 37.4 Å². The molecule has 0 amide bonds. The molecule has 0 aliphatic carbocycles. The Kier molecular flexibility index (Phi) is 5.92. The van der Waals surface area contributed by atoms with Gasteiger partial charge in [0.25, 0.3) is 0 Å². The normalized spacial score (nSPS) is 12.4. The molecule has 0 nitrogen and oxygen atoms in total. The van der Waals surface area contributed by atoms with Gasteiger partial charge in [0.2, 0.25) is 0 Å². The number of unbranched alkanes of at least 4 members (excludes halogenated alkanes) is 1. The lowest BCUT2D eigenvalue weighted by Crippen LogP contribution is -2.01. The number of alkyl halides is 1. The van der Waals surface area contributed by atoms with E-state index in [1.165, 1.54) is 36.6 Å². The first-order valence-electron chi connectivity index (χ1n) is 7.27. The summed E-state index contributed by atoms with van der Waals surface area (Å²) in [4.78, 5) is -0.0934. The standard InChI is InChI=1S/C18H19BrF2/c1-2-3-5-13-8-10-14(11-9-13)16(19)12-15-17(20)6-4-7-18(15)21/h4,6-11,16H,2-3,5,12H2,1H3. The fraction of sp³-hybridized carbons (Fsp3) is 0.333. The zero-order valence-corrected chi connectivity index (χ0v) is 13.7. The maximum absolute atomic E-state index is 13.7. The second-order valence-electron chi connectivity index (χ2n) is 5.22.